The summed E-state index contributed by atoms with van der Waals surface area (Å²) in [5, 5.41) is 8.98. The zero-order valence-corrected chi connectivity index (χ0v) is 7.61. The predicted molar refractivity (Wildman–Crippen MR) is 50.7 cm³/mol. The molecule has 1 N–H and O–H groups in total. The van der Waals surface area contributed by atoms with Gasteiger partial charge in [0.1, 0.15) is 5.75 Å². The van der Waals surface area contributed by atoms with Crippen LogP contribution in [0.25, 0.3) is 0 Å². The van der Waals surface area contributed by atoms with Crippen LogP contribution < -0.4 is 0 Å². The van der Waals surface area contributed by atoms with E-state index in [-0.39, 0.29) is 35.3 Å². The van der Waals surface area contributed by atoms with Crippen molar-refractivity contribution < 1.29 is 5.11 Å². The third-order valence-corrected chi connectivity index (χ3v) is 2.04. The molecule has 0 aliphatic heterocycles. The van der Waals surface area contributed by atoms with Gasteiger partial charge in [0.2, 0.25) is 0 Å². The second kappa shape index (κ2) is 4.78. The van der Waals surface area contributed by atoms with Gasteiger partial charge in [0, 0.05) is 4.47 Å². The van der Waals surface area contributed by atoms with Crippen LogP contribution in [0.4, 0.5) is 0 Å². The molecule has 0 saturated heterocycles. The zero-order chi connectivity index (χ0) is 6.85. The van der Waals surface area contributed by atoms with Gasteiger partial charge in [-0.1, -0.05) is 15.9 Å². The molecule has 0 spiro atoms. The molecular formula is C6H5Br2NaO. The molecule has 1 nitrogen and oxygen atoms in total. The third-order valence-electron chi connectivity index (χ3n) is 0.910. The number of phenolic OH excluding ortho intramolecular Hbond substituents is 1. The van der Waals surface area contributed by atoms with E-state index in [2.05, 4.69) is 31.9 Å². The first-order chi connectivity index (χ1) is 4.20. The van der Waals surface area contributed by atoms with Gasteiger partial charge in [-0.3, -0.25) is 0 Å². The maximum atomic E-state index is 8.98. The number of halogens is 2. The Kier molecular flexibility index (Phi) is 5.24. The monoisotopic (exact) mass is 274 g/mol. The van der Waals surface area contributed by atoms with E-state index in [0.29, 0.717) is 4.47 Å². The first-order valence-corrected chi connectivity index (χ1v) is 3.93. The van der Waals surface area contributed by atoms with Crippen LogP contribution in [0.1, 0.15) is 0 Å². The molecule has 0 saturated carbocycles. The van der Waals surface area contributed by atoms with E-state index in [1.54, 1.807) is 18.2 Å². The van der Waals surface area contributed by atoms with Gasteiger partial charge in [-0.15, -0.1) is 0 Å². The Hall–Kier alpha value is 0.980. The normalized spacial score (nSPS) is 8.60. The Bertz CT molecular complexity index is 227. The van der Waals surface area contributed by atoms with Crippen molar-refractivity contribution in [1.82, 2.24) is 0 Å². The van der Waals surface area contributed by atoms with Crippen LogP contribution in [0.2, 0.25) is 0 Å². The third kappa shape index (κ3) is 2.93. The van der Waals surface area contributed by atoms with Crippen molar-refractivity contribution in [3.05, 3.63) is 27.1 Å². The van der Waals surface area contributed by atoms with Crippen molar-refractivity contribution in [1.29, 1.82) is 0 Å². The quantitative estimate of drug-likeness (QED) is 0.721. The van der Waals surface area contributed by atoms with Crippen LogP contribution in [0.5, 0.6) is 5.75 Å². The van der Waals surface area contributed by atoms with Crippen LogP contribution in [0, 0.1) is 0 Å². The fraction of sp³-hybridized carbons (Fsp3) is 0. The number of benzene rings is 1. The Morgan fingerprint density at radius 3 is 2.20 bits per heavy atom. The number of hydrogen-bond donors (Lipinski definition) is 1. The molecule has 0 fully saturated rings. The van der Waals surface area contributed by atoms with Gasteiger partial charge in [0.25, 0.3) is 0 Å². The molecule has 0 aliphatic carbocycles. The molecule has 1 rings (SSSR count). The summed E-state index contributed by atoms with van der Waals surface area (Å²) in [4.78, 5) is 0. The fourth-order valence-electron chi connectivity index (χ4n) is 0.481. The summed E-state index contributed by atoms with van der Waals surface area (Å²) < 4.78 is 1.66. The molecule has 0 bridgehead atoms. The van der Waals surface area contributed by atoms with Crippen molar-refractivity contribution in [2.75, 3.05) is 0 Å². The molecule has 0 unspecified atom stereocenters. The molecule has 0 heterocycles. The van der Waals surface area contributed by atoms with Crippen LogP contribution >= 0.6 is 31.9 Å². The first kappa shape index (κ1) is 11.0. The second-order valence-corrected chi connectivity index (χ2v) is 3.37. The summed E-state index contributed by atoms with van der Waals surface area (Å²) in [5.41, 5.74) is 0. The van der Waals surface area contributed by atoms with Gasteiger partial charge in [-0.2, -0.15) is 0 Å². The number of aromatic hydroxyl groups is 1. The molecule has 0 amide bonds. The van der Waals surface area contributed by atoms with Crippen molar-refractivity contribution in [2.45, 2.75) is 0 Å². The van der Waals surface area contributed by atoms with Crippen molar-refractivity contribution in [2.24, 2.45) is 0 Å². The van der Waals surface area contributed by atoms with Crippen molar-refractivity contribution in [3.63, 3.8) is 0 Å². The van der Waals surface area contributed by atoms with Gasteiger partial charge in [0.05, 0.1) is 4.47 Å². The molecule has 1 aromatic rings. The van der Waals surface area contributed by atoms with Crippen molar-refractivity contribution >= 4 is 61.4 Å². The molecule has 0 atom stereocenters. The zero-order valence-electron chi connectivity index (χ0n) is 4.44. The average molecular weight is 276 g/mol. The summed E-state index contributed by atoms with van der Waals surface area (Å²) in [6.07, 6.45) is 0. The summed E-state index contributed by atoms with van der Waals surface area (Å²) in [6.45, 7) is 0. The van der Waals surface area contributed by atoms with E-state index in [9.17, 15) is 0 Å². The molecule has 0 aliphatic rings. The fourth-order valence-corrected chi connectivity index (χ4v) is 1.53. The van der Waals surface area contributed by atoms with Crippen molar-refractivity contribution in [3.8, 4) is 5.75 Å². The number of phenols is 1. The molecular weight excluding hydrogens is 271 g/mol. The Labute approximate surface area is 98.4 Å². The van der Waals surface area contributed by atoms with E-state index < -0.39 is 0 Å². The first-order valence-electron chi connectivity index (χ1n) is 2.34. The minimum atomic E-state index is 0. The minimum absolute atomic E-state index is 0. The van der Waals surface area contributed by atoms with Gasteiger partial charge >= 0.3 is 29.6 Å². The van der Waals surface area contributed by atoms with E-state index in [0.717, 1.165) is 4.47 Å². The van der Waals surface area contributed by atoms with Gasteiger partial charge in [-0.25, -0.2) is 0 Å². The van der Waals surface area contributed by atoms with E-state index in [1.165, 1.54) is 0 Å². The topological polar surface area (TPSA) is 20.2 Å². The Morgan fingerprint density at radius 2 is 1.80 bits per heavy atom. The molecule has 4 heteroatoms. The Morgan fingerprint density at radius 1 is 1.20 bits per heavy atom. The van der Waals surface area contributed by atoms with Crippen LogP contribution in [-0.2, 0) is 0 Å². The molecule has 0 aromatic heterocycles. The standard InChI is InChI=1S/C6H4Br2O.Na.H/c7-4-1-2-6(9)5(8)3-4;;/h1-3,9H;;. The summed E-state index contributed by atoms with van der Waals surface area (Å²) >= 11 is 6.42. The second-order valence-electron chi connectivity index (χ2n) is 1.60. The Balaban J connectivity index is 0.000000810. The van der Waals surface area contributed by atoms with E-state index in [4.69, 9.17) is 5.11 Å². The van der Waals surface area contributed by atoms with Gasteiger partial charge in [0.15, 0.2) is 0 Å². The molecule has 50 valence electrons. The summed E-state index contributed by atoms with van der Waals surface area (Å²) in [5.74, 6) is 0.262. The summed E-state index contributed by atoms with van der Waals surface area (Å²) in [7, 11) is 0. The summed E-state index contributed by atoms with van der Waals surface area (Å²) in [6, 6.07) is 5.18. The van der Waals surface area contributed by atoms with E-state index >= 15 is 0 Å². The number of hydrogen-bond acceptors (Lipinski definition) is 1. The SMILES string of the molecule is Oc1ccc(Br)cc1Br.[NaH]. The van der Waals surface area contributed by atoms with Gasteiger partial charge < -0.3 is 5.11 Å². The predicted octanol–water partition coefficient (Wildman–Crippen LogP) is 2.27. The maximum absolute atomic E-state index is 8.98. The van der Waals surface area contributed by atoms with E-state index in [1.807, 2.05) is 0 Å². The molecule has 0 radical (unpaired) electrons. The van der Waals surface area contributed by atoms with Crippen LogP contribution in [-0.4, -0.2) is 34.7 Å². The van der Waals surface area contributed by atoms with Crippen LogP contribution in [0.3, 0.4) is 0 Å². The molecule has 10 heavy (non-hydrogen) atoms. The van der Waals surface area contributed by atoms with Gasteiger partial charge in [-0.05, 0) is 34.1 Å². The molecule has 1 aromatic carbocycles. The number of rotatable bonds is 0. The van der Waals surface area contributed by atoms with Crippen LogP contribution in [0.15, 0.2) is 27.1 Å². The average Bonchev–Trinajstić information content (AvgIpc) is 1.80.